The smallest absolute Gasteiger partial charge is 0.142 e. The fraction of sp³-hybridized carbons (Fsp3) is 0.556. The molecule has 4 rings (SSSR count). The minimum atomic E-state index is 0.440. The van der Waals surface area contributed by atoms with E-state index >= 15 is 0 Å². The number of fused-ring (bicyclic) bond motifs is 1. The molecular formula is C18H24N6. The highest BCUT2D eigenvalue weighted by Gasteiger charge is 2.40. The molecule has 0 N–H and O–H groups in total. The Bertz CT molecular complexity index is 675. The van der Waals surface area contributed by atoms with Crippen LogP contribution in [0.1, 0.15) is 31.3 Å². The maximum absolute atomic E-state index is 4.50. The summed E-state index contributed by atoms with van der Waals surface area (Å²) in [6.07, 6.45) is 5.35. The first-order valence-electron chi connectivity index (χ1n) is 8.74. The van der Waals surface area contributed by atoms with Gasteiger partial charge in [0.25, 0.3) is 0 Å². The van der Waals surface area contributed by atoms with Gasteiger partial charge in [-0.15, -0.1) is 0 Å². The zero-order chi connectivity index (χ0) is 16.5. The van der Waals surface area contributed by atoms with E-state index in [1.807, 2.05) is 18.5 Å². The zero-order valence-electron chi connectivity index (χ0n) is 14.3. The minimum Gasteiger partial charge on any atom is -0.356 e. The number of rotatable bonds is 4. The lowest BCUT2D eigenvalue weighted by Crippen LogP contribution is -2.29. The van der Waals surface area contributed by atoms with Crippen molar-refractivity contribution in [1.82, 2.24) is 24.8 Å². The van der Waals surface area contributed by atoms with E-state index in [2.05, 4.69) is 49.6 Å². The van der Waals surface area contributed by atoms with E-state index in [-0.39, 0.29) is 0 Å². The summed E-state index contributed by atoms with van der Waals surface area (Å²) in [7, 11) is 0. The molecule has 6 heteroatoms. The minimum absolute atomic E-state index is 0.440. The fourth-order valence-corrected chi connectivity index (χ4v) is 3.87. The average Bonchev–Trinajstić information content (AvgIpc) is 3.14. The first-order valence-corrected chi connectivity index (χ1v) is 8.74. The summed E-state index contributed by atoms with van der Waals surface area (Å²) in [6, 6.07) is 4.02. The number of nitrogens with zero attached hydrogens (tertiary/aromatic N) is 6. The van der Waals surface area contributed by atoms with E-state index < -0.39 is 0 Å². The van der Waals surface area contributed by atoms with Gasteiger partial charge in [0.05, 0.1) is 6.54 Å². The topological polar surface area (TPSA) is 58.0 Å². The molecule has 2 atom stereocenters. The maximum atomic E-state index is 4.50. The lowest BCUT2D eigenvalue weighted by molar-refractivity contribution is 0.301. The third-order valence-corrected chi connectivity index (χ3v) is 5.14. The zero-order valence-corrected chi connectivity index (χ0v) is 14.3. The molecule has 2 aromatic rings. The van der Waals surface area contributed by atoms with E-state index in [1.165, 1.54) is 0 Å². The van der Waals surface area contributed by atoms with Crippen molar-refractivity contribution in [3.63, 3.8) is 0 Å². The molecule has 2 unspecified atom stereocenters. The Morgan fingerprint density at radius 3 is 2.38 bits per heavy atom. The van der Waals surface area contributed by atoms with E-state index in [0.717, 1.165) is 50.1 Å². The van der Waals surface area contributed by atoms with Crippen LogP contribution in [0.25, 0.3) is 0 Å². The number of anilines is 1. The Hall–Kier alpha value is -2.08. The van der Waals surface area contributed by atoms with E-state index in [4.69, 9.17) is 0 Å². The quantitative estimate of drug-likeness (QED) is 0.857. The van der Waals surface area contributed by atoms with Crippen LogP contribution in [0.15, 0.2) is 30.9 Å². The van der Waals surface area contributed by atoms with Gasteiger partial charge in [-0.3, -0.25) is 4.90 Å². The van der Waals surface area contributed by atoms with Gasteiger partial charge in [0.1, 0.15) is 18.0 Å². The molecule has 2 fully saturated rings. The van der Waals surface area contributed by atoms with Crippen LogP contribution < -0.4 is 4.90 Å². The Labute approximate surface area is 143 Å². The maximum Gasteiger partial charge on any atom is 0.142 e. The SMILES string of the molecule is CC(C)c1cc(N2CC3CN(Cc4ncccn4)CC3C2)ncn1. The van der Waals surface area contributed by atoms with Crippen molar-refractivity contribution >= 4 is 5.82 Å². The standard InChI is InChI=1S/C18H24N6/c1-13(2)16-6-18(22-12-21-16)24-9-14-7-23(8-15(14)10-24)11-17-19-4-3-5-20-17/h3-6,12-15H,7-11H2,1-2H3. The van der Waals surface area contributed by atoms with Gasteiger partial charge >= 0.3 is 0 Å². The molecule has 2 aromatic heterocycles. The summed E-state index contributed by atoms with van der Waals surface area (Å²) < 4.78 is 0. The average molecular weight is 324 g/mol. The van der Waals surface area contributed by atoms with Crippen LogP contribution in [0, 0.1) is 11.8 Å². The van der Waals surface area contributed by atoms with Crippen molar-refractivity contribution in [3.05, 3.63) is 42.4 Å². The van der Waals surface area contributed by atoms with Crippen LogP contribution in [-0.2, 0) is 6.54 Å². The van der Waals surface area contributed by atoms with Crippen LogP contribution in [0.3, 0.4) is 0 Å². The van der Waals surface area contributed by atoms with Gasteiger partial charge in [-0.1, -0.05) is 13.8 Å². The molecule has 6 nitrogen and oxygen atoms in total. The summed E-state index contributed by atoms with van der Waals surface area (Å²) in [4.78, 5) is 22.5. The first kappa shape index (κ1) is 15.4. The number of likely N-dealkylation sites (tertiary alicyclic amines) is 1. The van der Waals surface area contributed by atoms with Crippen LogP contribution in [0.5, 0.6) is 0 Å². The van der Waals surface area contributed by atoms with Gasteiger partial charge in [-0.05, 0) is 23.8 Å². The van der Waals surface area contributed by atoms with E-state index in [9.17, 15) is 0 Å². The Morgan fingerprint density at radius 2 is 1.71 bits per heavy atom. The molecule has 0 amide bonds. The monoisotopic (exact) mass is 324 g/mol. The molecule has 2 aliphatic heterocycles. The normalized spacial score (nSPS) is 23.9. The fourth-order valence-electron chi connectivity index (χ4n) is 3.87. The van der Waals surface area contributed by atoms with E-state index in [1.54, 1.807) is 6.33 Å². The second kappa shape index (κ2) is 6.43. The lowest BCUT2D eigenvalue weighted by Gasteiger charge is -2.22. The Morgan fingerprint density at radius 1 is 1.00 bits per heavy atom. The van der Waals surface area contributed by atoms with Crippen LogP contribution >= 0.6 is 0 Å². The third kappa shape index (κ3) is 3.11. The summed E-state index contributed by atoms with van der Waals surface area (Å²) in [5.74, 6) is 3.88. The number of hydrogen-bond donors (Lipinski definition) is 0. The van der Waals surface area contributed by atoms with Gasteiger partial charge in [0.2, 0.25) is 0 Å². The molecule has 4 heterocycles. The molecule has 0 spiro atoms. The van der Waals surface area contributed by atoms with E-state index in [0.29, 0.717) is 17.8 Å². The molecule has 0 radical (unpaired) electrons. The van der Waals surface area contributed by atoms with Crippen molar-refractivity contribution in [1.29, 1.82) is 0 Å². The lowest BCUT2D eigenvalue weighted by atomic mass is 10.0. The van der Waals surface area contributed by atoms with Crippen LogP contribution in [0.2, 0.25) is 0 Å². The van der Waals surface area contributed by atoms with Crippen molar-refractivity contribution in [2.45, 2.75) is 26.3 Å². The second-order valence-electron chi connectivity index (χ2n) is 7.24. The number of hydrogen-bond acceptors (Lipinski definition) is 6. The molecule has 0 bridgehead atoms. The highest BCUT2D eigenvalue weighted by atomic mass is 15.3. The summed E-state index contributed by atoms with van der Waals surface area (Å²) in [5, 5.41) is 0. The predicted molar refractivity (Wildman–Crippen MR) is 92.6 cm³/mol. The first-order chi connectivity index (χ1) is 11.7. The van der Waals surface area contributed by atoms with Crippen molar-refractivity contribution in [3.8, 4) is 0 Å². The molecule has 0 aromatic carbocycles. The molecule has 0 aliphatic carbocycles. The van der Waals surface area contributed by atoms with Gasteiger partial charge in [-0.25, -0.2) is 19.9 Å². The largest absolute Gasteiger partial charge is 0.356 e. The van der Waals surface area contributed by atoms with Crippen LogP contribution in [-0.4, -0.2) is 51.0 Å². The molecular weight excluding hydrogens is 300 g/mol. The molecule has 2 aliphatic rings. The van der Waals surface area contributed by atoms with Crippen molar-refractivity contribution in [2.75, 3.05) is 31.1 Å². The Balaban J connectivity index is 1.38. The van der Waals surface area contributed by atoms with Gasteiger partial charge in [0, 0.05) is 50.3 Å². The summed E-state index contributed by atoms with van der Waals surface area (Å²) in [5.41, 5.74) is 1.12. The molecule has 0 saturated carbocycles. The van der Waals surface area contributed by atoms with Gasteiger partial charge in [-0.2, -0.15) is 0 Å². The summed E-state index contributed by atoms with van der Waals surface area (Å²) in [6.45, 7) is 9.64. The van der Waals surface area contributed by atoms with Crippen molar-refractivity contribution in [2.24, 2.45) is 11.8 Å². The molecule has 126 valence electrons. The number of aromatic nitrogens is 4. The highest BCUT2D eigenvalue weighted by Crippen LogP contribution is 2.34. The summed E-state index contributed by atoms with van der Waals surface area (Å²) >= 11 is 0. The van der Waals surface area contributed by atoms with Gasteiger partial charge in [0.15, 0.2) is 0 Å². The third-order valence-electron chi connectivity index (χ3n) is 5.14. The van der Waals surface area contributed by atoms with Crippen molar-refractivity contribution < 1.29 is 0 Å². The highest BCUT2D eigenvalue weighted by molar-refractivity contribution is 5.41. The molecule has 2 saturated heterocycles. The van der Waals surface area contributed by atoms with Gasteiger partial charge < -0.3 is 4.90 Å². The van der Waals surface area contributed by atoms with Crippen LogP contribution in [0.4, 0.5) is 5.82 Å². The Kier molecular flexibility index (Phi) is 4.14. The predicted octanol–water partition coefficient (Wildman–Crippen LogP) is 1.96. The second-order valence-corrected chi connectivity index (χ2v) is 7.24. The molecule has 24 heavy (non-hydrogen) atoms.